The number of hydrogen-bond donors (Lipinski definition) is 0. The molecule has 0 N–H and O–H groups in total. The van der Waals surface area contributed by atoms with Gasteiger partial charge in [0.1, 0.15) is 11.6 Å². The summed E-state index contributed by atoms with van der Waals surface area (Å²) >= 11 is 1.58. The van der Waals surface area contributed by atoms with Crippen LogP contribution in [0.15, 0.2) is 82.8 Å². The number of rotatable bonds is 7. The minimum absolute atomic E-state index is 0.160. The molecule has 0 spiro atoms. The molecule has 0 amide bonds. The zero-order valence-electron chi connectivity index (χ0n) is 16.0. The largest absolute Gasteiger partial charge is 0.305 e. The van der Waals surface area contributed by atoms with Gasteiger partial charge in [0.2, 0.25) is 0 Å². The van der Waals surface area contributed by atoms with Gasteiger partial charge in [-0.1, -0.05) is 72.4 Å². The summed E-state index contributed by atoms with van der Waals surface area (Å²) in [5, 5.41) is 11.6. The van der Waals surface area contributed by atoms with Crippen LogP contribution in [-0.4, -0.2) is 23.2 Å². The highest BCUT2D eigenvalue weighted by Gasteiger charge is 2.21. The average molecular weight is 424 g/mol. The maximum atomic E-state index is 12.7. The van der Waals surface area contributed by atoms with E-state index in [4.69, 9.17) is 0 Å². The van der Waals surface area contributed by atoms with Crippen LogP contribution in [0.3, 0.4) is 0 Å². The molecule has 0 atom stereocenters. The molecule has 0 aliphatic carbocycles. The van der Waals surface area contributed by atoms with Crippen molar-refractivity contribution in [2.45, 2.75) is 35.0 Å². The van der Waals surface area contributed by atoms with Crippen LogP contribution in [0, 0.1) is 0 Å². The van der Waals surface area contributed by atoms with Crippen LogP contribution in [0.5, 0.6) is 0 Å². The van der Waals surface area contributed by atoms with Crippen molar-refractivity contribution >= 4 is 32.4 Å². The van der Waals surface area contributed by atoms with E-state index in [2.05, 4.69) is 40.5 Å². The zero-order chi connectivity index (χ0) is 20.3. The SMILES string of the molecule is CCn1c(CS(=O)(=O)c2ccccc2)nnc1SCc1cccc2ccccc12. The predicted molar refractivity (Wildman–Crippen MR) is 117 cm³/mol. The first-order chi connectivity index (χ1) is 14.1. The predicted octanol–water partition coefficient (Wildman–Crippen LogP) is 4.72. The van der Waals surface area contributed by atoms with Gasteiger partial charge in [0, 0.05) is 12.3 Å². The Morgan fingerprint density at radius 2 is 1.62 bits per heavy atom. The lowest BCUT2D eigenvalue weighted by Gasteiger charge is -2.09. The highest BCUT2D eigenvalue weighted by Crippen LogP contribution is 2.27. The third kappa shape index (κ3) is 4.21. The molecular formula is C22H21N3O2S2. The van der Waals surface area contributed by atoms with Gasteiger partial charge in [0.05, 0.1) is 4.90 Å². The van der Waals surface area contributed by atoms with E-state index < -0.39 is 9.84 Å². The number of nitrogens with zero attached hydrogens (tertiary/aromatic N) is 3. The fourth-order valence-electron chi connectivity index (χ4n) is 3.29. The second-order valence-electron chi connectivity index (χ2n) is 6.64. The van der Waals surface area contributed by atoms with Gasteiger partial charge < -0.3 is 4.57 Å². The molecule has 4 rings (SSSR count). The van der Waals surface area contributed by atoms with Gasteiger partial charge in [-0.15, -0.1) is 10.2 Å². The summed E-state index contributed by atoms with van der Waals surface area (Å²) in [5.74, 6) is 1.05. The van der Waals surface area contributed by atoms with Crippen molar-refractivity contribution in [3.05, 3.63) is 84.2 Å². The molecule has 3 aromatic carbocycles. The molecule has 1 heterocycles. The smallest absolute Gasteiger partial charge is 0.191 e. The summed E-state index contributed by atoms with van der Waals surface area (Å²) in [5.41, 5.74) is 1.22. The quantitative estimate of drug-likeness (QED) is 0.403. The van der Waals surface area contributed by atoms with Gasteiger partial charge in [0.25, 0.3) is 0 Å². The fraction of sp³-hybridized carbons (Fsp3) is 0.182. The van der Waals surface area contributed by atoms with Gasteiger partial charge in [-0.3, -0.25) is 0 Å². The molecule has 29 heavy (non-hydrogen) atoms. The molecule has 0 bridgehead atoms. The number of thioether (sulfide) groups is 1. The Kier molecular flexibility index (Phi) is 5.69. The summed E-state index contributed by atoms with van der Waals surface area (Å²) in [6.45, 7) is 2.59. The van der Waals surface area contributed by atoms with Crippen LogP contribution in [0.25, 0.3) is 10.8 Å². The van der Waals surface area contributed by atoms with Crippen LogP contribution >= 0.6 is 11.8 Å². The van der Waals surface area contributed by atoms with Crippen molar-refractivity contribution in [1.29, 1.82) is 0 Å². The Morgan fingerprint density at radius 1 is 0.897 bits per heavy atom. The summed E-state index contributed by atoms with van der Waals surface area (Å²) in [6.07, 6.45) is 0. The minimum Gasteiger partial charge on any atom is -0.305 e. The Bertz CT molecular complexity index is 1230. The summed E-state index contributed by atoms with van der Waals surface area (Å²) < 4.78 is 27.3. The lowest BCUT2D eigenvalue weighted by Crippen LogP contribution is -2.11. The van der Waals surface area contributed by atoms with E-state index in [1.165, 1.54) is 16.3 Å². The van der Waals surface area contributed by atoms with E-state index in [-0.39, 0.29) is 5.75 Å². The molecule has 7 heteroatoms. The maximum absolute atomic E-state index is 12.7. The molecule has 0 fully saturated rings. The summed E-state index contributed by atoms with van der Waals surface area (Å²) in [6, 6.07) is 23.0. The average Bonchev–Trinajstić information content (AvgIpc) is 3.13. The number of aromatic nitrogens is 3. The first-order valence-corrected chi connectivity index (χ1v) is 12.0. The third-order valence-corrected chi connectivity index (χ3v) is 7.41. The highest BCUT2D eigenvalue weighted by molar-refractivity contribution is 7.98. The first kappa shape index (κ1) is 19.7. The summed E-state index contributed by atoms with van der Waals surface area (Å²) in [7, 11) is -3.46. The molecule has 0 radical (unpaired) electrons. The van der Waals surface area contributed by atoms with E-state index in [1.54, 1.807) is 42.1 Å². The standard InChI is InChI=1S/C22H21N3O2S2/c1-2-25-21(16-29(26,27)19-12-4-3-5-13-19)23-24-22(25)28-15-18-11-8-10-17-9-6-7-14-20(17)18/h3-14H,2,15-16H2,1H3. The molecule has 0 saturated carbocycles. The van der Waals surface area contributed by atoms with Crippen molar-refractivity contribution in [2.75, 3.05) is 0 Å². The molecule has 148 valence electrons. The van der Waals surface area contributed by atoms with Crippen molar-refractivity contribution < 1.29 is 8.42 Å². The van der Waals surface area contributed by atoms with Crippen molar-refractivity contribution in [3.8, 4) is 0 Å². The van der Waals surface area contributed by atoms with E-state index in [9.17, 15) is 8.42 Å². The zero-order valence-corrected chi connectivity index (χ0v) is 17.7. The first-order valence-electron chi connectivity index (χ1n) is 9.38. The summed E-state index contributed by atoms with van der Waals surface area (Å²) in [4.78, 5) is 0.301. The van der Waals surface area contributed by atoms with Gasteiger partial charge >= 0.3 is 0 Å². The van der Waals surface area contributed by atoms with Gasteiger partial charge in [-0.05, 0) is 35.4 Å². The number of benzene rings is 3. The van der Waals surface area contributed by atoms with Crippen LogP contribution in [0.2, 0.25) is 0 Å². The van der Waals surface area contributed by atoms with Crippen LogP contribution in [0.1, 0.15) is 18.3 Å². The molecule has 5 nitrogen and oxygen atoms in total. The van der Waals surface area contributed by atoms with Crippen molar-refractivity contribution in [3.63, 3.8) is 0 Å². The Labute approximate surface area is 174 Å². The van der Waals surface area contributed by atoms with E-state index in [1.807, 2.05) is 23.6 Å². The van der Waals surface area contributed by atoms with E-state index in [0.29, 0.717) is 17.3 Å². The van der Waals surface area contributed by atoms with Crippen LogP contribution < -0.4 is 0 Å². The van der Waals surface area contributed by atoms with Crippen LogP contribution in [0.4, 0.5) is 0 Å². The number of fused-ring (bicyclic) bond motifs is 1. The topological polar surface area (TPSA) is 64.8 Å². The van der Waals surface area contributed by atoms with Crippen molar-refractivity contribution in [2.24, 2.45) is 0 Å². The normalized spacial score (nSPS) is 11.8. The lowest BCUT2D eigenvalue weighted by atomic mass is 10.1. The van der Waals surface area contributed by atoms with Gasteiger partial charge in [-0.25, -0.2) is 8.42 Å². The van der Waals surface area contributed by atoms with E-state index >= 15 is 0 Å². The fourth-order valence-corrected chi connectivity index (χ4v) is 5.61. The molecule has 0 aliphatic rings. The second kappa shape index (κ2) is 8.39. The second-order valence-corrected chi connectivity index (χ2v) is 9.57. The molecule has 0 aliphatic heterocycles. The Balaban J connectivity index is 1.56. The van der Waals surface area contributed by atoms with Crippen molar-refractivity contribution in [1.82, 2.24) is 14.8 Å². The minimum atomic E-state index is -3.46. The maximum Gasteiger partial charge on any atom is 0.191 e. The Hall–Kier alpha value is -2.64. The monoisotopic (exact) mass is 423 g/mol. The Morgan fingerprint density at radius 3 is 2.41 bits per heavy atom. The third-order valence-electron chi connectivity index (χ3n) is 4.77. The van der Waals surface area contributed by atoms with Crippen LogP contribution in [-0.2, 0) is 27.9 Å². The van der Waals surface area contributed by atoms with E-state index in [0.717, 1.165) is 10.9 Å². The molecule has 0 saturated heterocycles. The molecule has 4 aromatic rings. The molecule has 0 unspecified atom stereocenters. The highest BCUT2D eigenvalue weighted by atomic mass is 32.2. The van der Waals surface area contributed by atoms with Gasteiger partial charge in [-0.2, -0.15) is 0 Å². The number of hydrogen-bond acceptors (Lipinski definition) is 5. The number of sulfone groups is 1. The lowest BCUT2D eigenvalue weighted by molar-refractivity contribution is 0.588. The van der Waals surface area contributed by atoms with Gasteiger partial charge in [0.15, 0.2) is 15.0 Å². The molecular weight excluding hydrogens is 402 g/mol. The molecule has 1 aromatic heterocycles.